The van der Waals surface area contributed by atoms with Gasteiger partial charge in [0.1, 0.15) is 23.9 Å². The number of hydrogen-bond acceptors (Lipinski definition) is 4. The van der Waals surface area contributed by atoms with E-state index >= 15 is 0 Å². The number of aromatic carboxylic acids is 1. The molecule has 0 aliphatic rings. The smallest absolute Gasteiger partial charge is 0.354 e. The highest BCUT2D eigenvalue weighted by Gasteiger charge is 2.14. The number of carbonyl (C=O) groups is 1. The average Bonchev–Trinajstić information content (AvgIpc) is 2.80. The molecule has 2 aromatic heterocycles. The van der Waals surface area contributed by atoms with Crippen molar-refractivity contribution < 1.29 is 14.6 Å². The molecule has 0 fully saturated rings. The predicted molar refractivity (Wildman–Crippen MR) is 63.4 cm³/mol. The Bertz CT molecular complexity index is 537. The van der Waals surface area contributed by atoms with Crippen LogP contribution in [0.15, 0.2) is 30.7 Å². The van der Waals surface area contributed by atoms with Crippen molar-refractivity contribution in [3.63, 3.8) is 0 Å². The molecular formula is C12H13N3O3. The van der Waals surface area contributed by atoms with E-state index in [1.165, 1.54) is 6.20 Å². The van der Waals surface area contributed by atoms with Gasteiger partial charge in [0.25, 0.3) is 0 Å². The minimum atomic E-state index is -0.989. The van der Waals surface area contributed by atoms with Crippen LogP contribution in [0.2, 0.25) is 0 Å². The van der Waals surface area contributed by atoms with E-state index in [-0.39, 0.29) is 12.3 Å². The first kappa shape index (κ1) is 12.1. The van der Waals surface area contributed by atoms with Crippen LogP contribution in [0, 0.1) is 0 Å². The lowest BCUT2D eigenvalue weighted by atomic mass is 10.4. The third-order valence-electron chi connectivity index (χ3n) is 2.48. The number of carboxylic acid groups (broad SMARTS) is 1. The fourth-order valence-electron chi connectivity index (χ4n) is 1.63. The summed E-state index contributed by atoms with van der Waals surface area (Å²) in [6, 6.07) is 3.55. The number of carboxylic acids is 1. The number of nitrogens with zero attached hydrogens (tertiary/aromatic N) is 3. The molecule has 2 aromatic rings. The van der Waals surface area contributed by atoms with Gasteiger partial charge in [0.05, 0.1) is 12.4 Å². The molecule has 94 valence electrons. The van der Waals surface area contributed by atoms with Gasteiger partial charge in [-0.2, -0.15) is 0 Å². The second-order valence-corrected chi connectivity index (χ2v) is 3.59. The Morgan fingerprint density at radius 2 is 2.33 bits per heavy atom. The molecule has 6 nitrogen and oxygen atoms in total. The summed E-state index contributed by atoms with van der Waals surface area (Å²) in [5.74, 6) is 0.218. The molecule has 0 saturated carbocycles. The van der Waals surface area contributed by atoms with Crippen LogP contribution in [0.25, 0.3) is 0 Å². The zero-order valence-corrected chi connectivity index (χ0v) is 9.91. The van der Waals surface area contributed by atoms with Crippen molar-refractivity contribution in [1.82, 2.24) is 14.5 Å². The molecule has 18 heavy (non-hydrogen) atoms. The van der Waals surface area contributed by atoms with Crippen molar-refractivity contribution >= 4 is 5.97 Å². The molecule has 0 bridgehead atoms. The first-order valence-electron chi connectivity index (χ1n) is 5.53. The molecule has 0 aliphatic carbocycles. The highest BCUT2D eigenvalue weighted by molar-refractivity contribution is 5.85. The summed E-state index contributed by atoms with van der Waals surface area (Å²) in [5, 5.41) is 8.98. The summed E-state index contributed by atoms with van der Waals surface area (Å²) in [7, 11) is 0. The third kappa shape index (κ3) is 2.48. The van der Waals surface area contributed by atoms with Crippen LogP contribution < -0.4 is 4.74 Å². The van der Waals surface area contributed by atoms with Crippen molar-refractivity contribution in [1.29, 1.82) is 0 Å². The Hall–Kier alpha value is -2.37. The molecule has 0 atom stereocenters. The zero-order valence-electron chi connectivity index (χ0n) is 9.91. The number of rotatable bonds is 5. The average molecular weight is 247 g/mol. The van der Waals surface area contributed by atoms with Gasteiger partial charge in [-0.3, -0.25) is 4.98 Å². The second-order valence-electron chi connectivity index (χ2n) is 3.59. The fourth-order valence-corrected chi connectivity index (χ4v) is 1.63. The Kier molecular flexibility index (Phi) is 3.57. The van der Waals surface area contributed by atoms with Crippen molar-refractivity contribution in [2.24, 2.45) is 0 Å². The topological polar surface area (TPSA) is 77.2 Å². The molecular weight excluding hydrogens is 234 g/mol. The van der Waals surface area contributed by atoms with E-state index in [9.17, 15) is 4.79 Å². The Morgan fingerprint density at radius 3 is 2.94 bits per heavy atom. The van der Waals surface area contributed by atoms with Crippen LogP contribution in [0.3, 0.4) is 0 Å². The van der Waals surface area contributed by atoms with E-state index in [0.717, 1.165) is 0 Å². The lowest BCUT2D eigenvalue weighted by Crippen LogP contribution is -2.12. The van der Waals surface area contributed by atoms with Gasteiger partial charge in [0.15, 0.2) is 0 Å². The maximum atomic E-state index is 11.0. The lowest BCUT2D eigenvalue weighted by Gasteiger charge is -2.08. The predicted octanol–water partition coefficient (Wildman–Crippen LogP) is 1.58. The molecule has 6 heteroatoms. The monoisotopic (exact) mass is 247 g/mol. The van der Waals surface area contributed by atoms with Crippen LogP contribution in [0.5, 0.6) is 5.75 Å². The molecule has 0 aromatic carbocycles. The molecule has 0 spiro atoms. The Morgan fingerprint density at radius 1 is 1.50 bits per heavy atom. The fraction of sp³-hybridized carbons (Fsp3) is 0.250. The molecule has 2 rings (SSSR count). The van der Waals surface area contributed by atoms with E-state index in [1.54, 1.807) is 29.1 Å². The number of imidazole rings is 1. The maximum absolute atomic E-state index is 11.0. The van der Waals surface area contributed by atoms with Crippen LogP contribution in [0.1, 0.15) is 23.2 Å². The quantitative estimate of drug-likeness (QED) is 0.867. The summed E-state index contributed by atoms with van der Waals surface area (Å²) in [4.78, 5) is 18.9. The van der Waals surface area contributed by atoms with E-state index in [1.807, 2.05) is 6.92 Å². The van der Waals surface area contributed by atoms with Gasteiger partial charge in [-0.1, -0.05) is 0 Å². The summed E-state index contributed by atoms with van der Waals surface area (Å²) < 4.78 is 7.10. The van der Waals surface area contributed by atoms with Gasteiger partial charge in [-0.25, -0.2) is 9.78 Å². The molecule has 0 aliphatic heterocycles. The Labute approximate surface area is 104 Å². The highest BCUT2D eigenvalue weighted by atomic mass is 16.5. The van der Waals surface area contributed by atoms with Gasteiger partial charge < -0.3 is 14.4 Å². The molecule has 1 N–H and O–H groups in total. The van der Waals surface area contributed by atoms with Crippen molar-refractivity contribution in [3.8, 4) is 5.75 Å². The Balaban J connectivity index is 2.12. The first-order valence-corrected chi connectivity index (χ1v) is 5.53. The molecule has 0 saturated heterocycles. The normalized spacial score (nSPS) is 10.3. The van der Waals surface area contributed by atoms with Gasteiger partial charge in [-0.05, 0) is 19.1 Å². The van der Waals surface area contributed by atoms with Crippen molar-refractivity contribution in [2.75, 3.05) is 0 Å². The van der Waals surface area contributed by atoms with Gasteiger partial charge in [0.2, 0.25) is 0 Å². The number of hydrogen-bond donors (Lipinski definition) is 1. The third-order valence-corrected chi connectivity index (χ3v) is 2.48. The van der Waals surface area contributed by atoms with Crippen LogP contribution >= 0.6 is 0 Å². The number of ether oxygens (including phenoxy) is 1. The number of pyridine rings is 1. The summed E-state index contributed by atoms with van der Waals surface area (Å²) in [6.45, 7) is 2.61. The summed E-state index contributed by atoms with van der Waals surface area (Å²) in [6.07, 6.45) is 4.59. The SMILES string of the molecule is CCn1c(C(=O)O)cnc1COc1cccnc1. The first-order chi connectivity index (χ1) is 8.72. The summed E-state index contributed by atoms with van der Waals surface area (Å²) in [5.41, 5.74) is 0.169. The molecule has 0 amide bonds. The molecule has 0 unspecified atom stereocenters. The minimum Gasteiger partial charge on any atom is -0.484 e. The standard InChI is InChI=1S/C12H13N3O3/c1-2-15-10(12(16)17)7-14-11(15)8-18-9-4-3-5-13-6-9/h3-7H,2,8H2,1H3,(H,16,17). The van der Waals surface area contributed by atoms with E-state index in [0.29, 0.717) is 18.1 Å². The van der Waals surface area contributed by atoms with Gasteiger partial charge in [-0.15, -0.1) is 0 Å². The highest BCUT2D eigenvalue weighted by Crippen LogP contribution is 2.11. The summed E-state index contributed by atoms with van der Waals surface area (Å²) >= 11 is 0. The molecule has 2 heterocycles. The minimum absolute atomic E-state index is 0.169. The van der Waals surface area contributed by atoms with Gasteiger partial charge >= 0.3 is 5.97 Å². The van der Waals surface area contributed by atoms with Crippen LogP contribution in [0.4, 0.5) is 0 Å². The van der Waals surface area contributed by atoms with E-state index in [2.05, 4.69) is 9.97 Å². The lowest BCUT2D eigenvalue weighted by molar-refractivity contribution is 0.0684. The van der Waals surface area contributed by atoms with E-state index < -0.39 is 5.97 Å². The van der Waals surface area contributed by atoms with Crippen molar-refractivity contribution in [2.45, 2.75) is 20.1 Å². The largest absolute Gasteiger partial charge is 0.484 e. The van der Waals surface area contributed by atoms with Crippen LogP contribution in [-0.2, 0) is 13.2 Å². The number of aromatic nitrogens is 3. The van der Waals surface area contributed by atoms with E-state index in [4.69, 9.17) is 9.84 Å². The van der Waals surface area contributed by atoms with Crippen LogP contribution in [-0.4, -0.2) is 25.6 Å². The van der Waals surface area contributed by atoms with Gasteiger partial charge in [0, 0.05) is 12.7 Å². The molecule has 0 radical (unpaired) electrons. The second kappa shape index (κ2) is 5.31. The maximum Gasteiger partial charge on any atom is 0.354 e. The zero-order chi connectivity index (χ0) is 13.0. The van der Waals surface area contributed by atoms with Crippen molar-refractivity contribution in [3.05, 3.63) is 42.2 Å².